The summed E-state index contributed by atoms with van der Waals surface area (Å²) in [6, 6.07) is 56.7. The lowest BCUT2D eigenvalue weighted by molar-refractivity contribution is 0.630. The number of hydrogen-bond donors (Lipinski definition) is 0. The fourth-order valence-corrected chi connectivity index (χ4v) is 6.54. The maximum absolute atomic E-state index is 5.14. The fraction of sp³-hybridized carbons (Fsp3) is 0.0714. The zero-order chi connectivity index (χ0) is 31.8. The average Bonchev–Trinajstić information content (AvgIpc) is 3.14. The minimum absolute atomic E-state index is 0.297. The number of para-hydroxylation sites is 3. The first-order valence-corrected chi connectivity index (χ1v) is 15.9. The van der Waals surface area contributed by atoms with Crippen LogP contribution in [0.15, 0.2) is 164 Å². The summed E-state index contributed by atoms with van der Waals surface area (Å²) in [5, 5.41) is 0. The molecular weight excluding hydrogens is 574 g/mol. The van der Waals surface area contributed by atoms with Crippen LogP contribution in [0.1, 0.15) is 25.0 Å². The van der Waals surface area contributed by atoms with Crippen LogP contribution in [-0.2, 0) is 5.41 Å². The van der Waals surface area contributed by atoms with Crippen molar-refractivity contribution >= 4 is 34.4 Å². The molecule has 2 heterocycles. The van der Waals surface area contributed by atoms with Gasteiger partial charge in [0.2, 0.25) is 5.95 Å². The van der Waals surface area contributed by atoms with E-state index in [1.807, 2.05) is 60.7 Å². The van der Waals surface area contributed by atoms with Crippen LogP contribution in [0.2, 0.25) is 0 Å². The molecule has 1 aromatic heterocycles. The Morgan fingerprint density at radius 1 is 0.447 bits per heavy atom. The molecule has 0 unspecified atom stereocenters. The highest BCUT2D eigenvalue weighted by atomic mass is 15.3. The summed E-state index contributed by atoms with van der Waals surface area (Å²) in [6.45, 7) is 4.61. The van der Waals surface area contributed by atoms with E-state index in [1.54, 1.807) is 0 Å². The van der Waals surface area contributed by atoms with Crippen molar-refractivity contribution in [2.24, 2.45) is 0 Å². The molecule has 0 bridgehead atoms. The summed E-state index contributed by atoms with van der Waals surface area (Å²) in [6.07, 6.45) is 0. The molecule has 0 amide bonds. The number of anilines is 6. The van der Waals surface area contributed by atoms with E-state index in [9.17, 15) is 0 Å². The van der Waals surface area contributed by atoms with Gasteiger partial charge in [0.05, 0.1) is 11.4 Å². The van der Waals surface area contributed by atoms with E-state index in [0.717, 1.165) is 39.6 Å². The first kappa shape index (κ1) is 28.4. The number of rotatable bonds is 6. The Hall–Kier alpha value is -6.07. The second-order valence-electron chi connectivity index (χ2n) is 12.2. The second-order valence-corrected chi connectivity index (χ2v) is 12.2. The lowest BCUT2D eigenvalue weighted by Crippen LogP contribution is -2.31. The smallest absolute Gasteiger partial charge is 0.238 e. The molecule has 0 aliphatic carbocycles. The fourth-order valence-electron chi connectivity index (χ4n) is 6.54. The van der Waals surface area contributed by atoms with Gasteiger partial charge in [-0.15, -0.1) is 0 Å². The quantitative estimate of drug-likeness (QED) is 0.188. The summed E-state index contributed by atoms with van der Waals surface area (Å²) in [5.74, 6) is 1.85. The molecule has 0 spiro atoms. The Morgan fingerprint density at radius 2 is 0.915 bits per heavy atom. The van der Waals surface area contributed by atoms with Gasteiger partial charge in [-0.3, -0.25) is 4.90 Å². The Balaban J connectivity index is 1.36. The number of hydrogen-bond acceptors (Lipinski definition) is 5. The van der Waals surface area contributed by atoms with Crippen LogP contribution in [0.4, 0.5) is 34.4 Å². The Bertz CT molecular complexity index is 2070. The van der Waals surface area contributed by atoms with E-state index >= 15 is 0 Å². The lowest BCUT2D eigenvalue weighted by atomic mass is 9.73. The molecule has 47 heavy (non-hydrogen) atoms. The molecule has 7 aromatic rings. The minimum Gasteiger partial charge on any atom is -0.310 e. The molecule has 8 rings (SSSR count). The first-order valence-electron chi connectivity index (χ1n) is 15.9. The van der Waals surface area contributed by atoms with Gasteiger partial charge in [-0.2, -0.15) is 9.97 Å². The zero-order valence-electron chi connectivity index (χ0n) is 26.3. The second kappa shape index (κ2) is 11.7. The lowest BCUT2D eigenvalue weighted by Gasteiger charge is -2.41. The number of nitrogens with zero attached hydrogens (tertiary/aromatic N) is 5. The molecule has 0 saturated carbocycles. The van der Waals surface area contributed by atoms with Crippen molar-refractivity contribution in [1.82, 2.24) is 15.0 Å². The standard InChI is InChI=1S/C42H33N5/c1-42(2)35-25-15-16-26-37(35)47(41-44-39(30-17-7-3-8-18-30)43-40(45-41)31-19-9-4-10-20-31)38-28-27-34(29-36(38)42)46(32-21-11-5-12-22-32)33-23-13-6-14-24-33/h3-29H,1-2H3. The van der Waals surface area contributed by atoms with Gasteiger partial charge in [0.25, 0.3) is 0 Å². The highest BCUT2D eigenvalue weighted by Gasteiger charge is 2.38. The molecule has 1 aliphatic heterocycles. The summed E-state index contributed by atoms with van der Waals surface area (Å²) in [4.78, 5) is 19.8. The molecule has 0 atom stereocenters. The monoisotopic (exact) mass is 607 g/mol. The third-order valence-corrected chi connectivity index (χ3v) is 8.89. The molecule has 0 fully saturated rings. The van der Waals surface area contributed by atoms with Crippen molar-refractivity contribution in [1.29, 1.82) is 0 Å². The highest BCUT2D eigenvalue weighted by molar-refractivity contribution is 5.87. The number of benzene rings is 6. The summed E-state index contributed by atoms with van der Waals surface area (Å²) in [7, 11) is 0. The molecule has 6 aromatic carbocycles. The molecule has 0 saturated heterocycles. The minimum atomic E-state index is -0.297. The van der Waals surface area contributed by atoms with Crippen LogP contribution in [-0.4, -0.2) is 15.0 Å². The van der Waals surface area contributed by atoms with Crippen molar-refractivity contribution in [2.75, 3.05) is 9.80 Å². The van der Waals surface area contributed by atoms with Gasteiger partial charge in [-0.25, -0.2) is 4.98 Å². The van der Waals surface area contributed by atoms with Crippen LogP contribution >= 0.6 is 0 Å². The average molecular weight is 608 g/mol. The van der Waals surface area contributed by atoms with Crippen LogP contribution < -0.4 is 9.80 Å². The largest absolute Gasteiger partial charge is 0.310 e. The Morgan fingerprint density at radius 3 is 1.47 bits per heavy atom. The third-order valence-electron chi connectivity index (χ3n) is 8.89. The van der Waals surface area contributed by atoms with Crippen LogP contribution in [0.25, 0.3) is 22.8 Å². The first-order chi connectivity index (χ1) is 23.1. The molecule has 5 nitrogen and oxygen atoms in total. The van der Waals surface area contributed by atoms with Gasteiger partial charge >= 0.3 is 0 Å². The van der Waals surface area contributed by atoms with Gasteiger partial charge in [0, 0.05) is 33.6 Å². The van der Waals surface area contributed by atoms with Crippen LogP contribution in [0, 0.1) is 0 Å². The van der Waals surface area contributed by atoms with Crippen molar-refractivity contribution < 1.29 is 0 Å². The number of aromatic nitrogens is 3. The van der Waals surface area contributed by atoms with E-state index in [2.05, 4.69) is 127 Å². The molecule has 1 aliphatic rings. The highest BCUT2D eigenvalue weighted by Crippen LogP contribution is 2.52. The van der Waals surface area contributed by atoms with E-state index in [-0.39, 0.29) is 5.41 Å². The van der Waals surface area contributed by atoms with E-state index < -0.39 is 0 Å². The van der Waals surface area contributed by atoms with E-state index in [4.69, 9.17) is 15.0 Å². The zero-order valence-corrected chi connectivity index (χ0v) is 26.3. The van der Waals surface area contributed by atoms with E-state index in [1.165, 1.54) is 11.1 Å². The summed E-state index contributed by atoms with van der Waals surface area (Å²) >= 11 is 0. The van der Waals surface area contributed by atoms with Crippen molar-refractivity contribution in [2.45, 2.75) is 19.3 Å². The Labute approximate surface area is 275 Å². The summed E-state index contributed by atoms with van der Waals surface area (Å²) in [5.41, 5.74) is 9.37. The van der Waals surface area contributed by atoms with Crippen molar-refractivity contribution in [3.8, 4) is 22.8 Å². The van der Waals surface area contributed by atoms with Gasteiger partial charge < -0.3 is 4.90 Å². The van der Waals surface area contributed by atoms with Crippen LogP contribution in [0.3, 0.4) is 0 Å². The molecule has 0 N–H and O–H groups in total. The number of fused-ring (bicyclic) bond motifs is 2. The Kier molecular flexibility index (Phi) is 7.07. The van der Waals surface area contributed by atoms with Gasteiger partial charge in [0.1, 0.15) is 0 Å². The molecule has 0 radical (unpaired) electrons. The maximum atomic E-state index is 5.14. The SMILES string of the molecule is CC1(C)c2ccccc2N(c2nc(-c3ccccc3)nc(-c3ccccc3)n2)c2ccc(N(c3ccccc3)c3ccccc3)cc21. The maximum Gasteiger partial charge on any atom is 0.238 e. The molecule has 226 valence electrons. The van der Waals surface area contributed by atoms with E-state index in [0.29, 0.717) is 17.6 Å². The molecular formula is C42H33N5. The predicted molar refractivity (Wildman–Crippen MR) is 192 cm³/mol. The molecule has 5 heteroatoms. The topological polar surface area (TPSA) is 45.2 Å². The normalized spacial score (nSPS) is 13.0. The predicted octanol–water partition coefficient (Wildman–Crippen LogP) is 10.8. The van der Waals surface area contributed by atoms with Gasteiger partial charge in [-0.1, -0.05) is 129 Å². The van der Waals surface area contributed by atoms with Crippen molar-refractivity contribution in [3.05, 3.63) is 175 Å². The third kappa shape index (κ3) is 5.12. The van der Waals surface area contributed by atoms with Crippen molar-refractivity contribution in [3.63, 3.8) is 0 Å². The summed E-state index contributed by atoms with van der Waals surface area (Å²) < 4.78 is 0. The van der Waals surface area contributed by atoms with Gasteiger partial charge in [-0.05, 0) is 59.7 Å². The van der Waals surface area contributed by atoms with Gasteiger partial charge in [0.15, 0.2) is 11.6 Å². The van der Waals surface area contributed by atoms with Crippen LogP contribution in [0.5, 0.6) is 0 Å².